The monoisotopic (exact) mass is 250 g/mol. The lowest BCUT2D eigenvalue weighted by Crippen LogP contribution is -2.31. The zero-order valence-corrected chi connectivity index (χ0v) is 10.9. The summed E-state index contributed by atoms with van der Waals surface area (Å²) >= 11 is 0. The van der Waals surface area contributed by atoms with Crippen LogP contribution in [0.2, 0.25) is 0 Å². The van der Waals surface area contributed by atoms with Crippen molar-refractivity contribution < 1.29 is 4.52 Å². The molecule has 1 aromatic heterocycles. The minimum atomic E-state index is 0.293. The summed E-state index contributed by atoms with van der Waals surface area (Å²) in [7, 11) is 0. The first kappa shape index (κ1) is 12.1. The average molecular weight is 250 g/mol. The van der Waals surface area contributed by atoms with Gasteiger partial charge in [-0.25, -0.2) is 0 Å². The van der Waals surface area contributed by atoms with Crippen molar-refractivity contribution in [2.75, 3.05) is 26.2 Å². The maximum Gasteiger partial charge on any atom is 0.243 e. The van der Waals surface area contributed by atoms with Crippen molar-refractivity contribution in [1.29, 1.82) is 0 Å². The van der Waals surface area contributed by atoms with Gasteiger partial charge in [-0.2, -0.15) is 4.98 Å². The molecule has 3 rings (SSSR count). The number of piperidine rings is 1. The molecular weight excluding hydrogens is 228 g/mol. The van der Waals surface area contributed by atoms with E-state index in [2.05, 4.69) is 20.4 Å². The summed E-state index contributed by atoms with van der Waals surface area (Å²) in [5.74, 6) is 1.64. The summed E-state index contributed by atoms with van der Waals surface area (Å²) in [6.45, 7) is 4.59. The largest absolute Gasteiger partial charge is 0.338 e. The number of likely N-dealkylation sites (tertiary alicyclic amines) is 1. The van der Waals surface area contributed by atoms with Gasteiger partial charge in [0.15, 0.2) is 5.82 Å². The van der Waals surface area contributed by atoms with E-state index in [9.17, 15) is 0 Å². The average Bonchev–Trinajstić information content (AvgIpc) is 3.08. The van der Waals surface area contributed by atoms with E-state index in [1.54, 1.807) is 0 Å². The van der Waals surface area contributed by atoms with Crippen LogP contribution in [0.3, 0.4) is 0 Å². The van der Waals surface area contributed by atoms with Gasteiger partial charge in [0.2, 0.25) is 5.89 Å². The molecule has 100 valence electrons. The van der Waals surface area contributed by atoms with Crippen LogP contribution < -0.4 is 5.32 Å². The predicted octanol–water partition coefficient (Wildman–Crippen LogP) is 1.52. The summed E-state index contributed by atoms with van der Waals surface area (Å²) in [5, 5.41) is 7.48. The summed E-state index contributed by atoms with van der Waals surface area (Å²) < 4.78 is 5.35. The van der Waals surface area contributed by atoms with Crippen LogP contribution in [-0.2, 0) is 6.42 Å². The molecule has 1 unspecified atom stereocenters. The Kier molecular flexibility index (Phi) is 3.90. The van der Waals surface area contributed by atoms with Crippen LogP contribution >= 0.6 is 0 Å². The third-order valence-corrected chi connectivity index (χ3v) is 3.94. The molecule has 0 bridgehead atoms. The number of hydrogen-bond donors (Lipinski definition) is 1. The molecule has 18 heavy (non-hydrogen) atoms. The second kappa shape index (κ2) is 5.80. The predicted molar refractivity (Wildman–Crippen MR) is 68.3 cm³/mol. The van der Waals surface area contributed by atoms with E-state index in [4.69, 9.17) is 4.52 Å². The molecule has 2 aliphatic heterocycles. The fraction of sp³-hybridized carbons (Fsp3) is 0.846. The van der Waals surface area contributed by atoms with E-state index < -0.39 is 0 Å². The molecular formula is C13H22N4O. The van der Waals surface area contributed by atoms with Crippen LogP contribution in [0.15, 0.2) is 4.52 Å². The highest BCUT2D eigenvalue weighted by Gasteiger charge is 2.22. The fourth-order valence-electron chi connectivity index (χ4n) is 2.85. The van der Waals surface area contributed by atoms with Gasteiger partial charge in [-0.1, -0.05) is 11.6 Å². The molecule has 1 N–H and O–H groups in total. The van der Waals surface area contributed by atoms with Crippen LogP contribution in [0.4, 0.5) is 0 Å². The molecule has 5 heteroatoms. The van der Waals surface area contributed by atoms with E-state index in [0.29, 0.717) is 6.04 Å². The van der Waals surface area contributed by atoms with Gasteiger partial charge in [0.1, 0.15) is 0 Å². The van der Waals surface area contributed by atoms with Gasteiger partial charge in [-0.3, -0.25) is 0 Å². The summed E-state index contributed by atoms with van der Waals surface area (Å²) in [6, 6.07) is 0.293. The number of nitrogens with zero attached hydrogens (tertiary/aromatic N) is 3. The second-order valence-corrected chi connectivity index (χ2v) is 5.35. The van der Waals surface area contributed by atoms with E-state index in [0.717, 1.165) is 37.6 Å². The molecule has 0 radical (unpaired) electrons. The Balaban J connectivity index is 1.50. The Morgan fingerprint density at radius 1 is 1.22 bits per heavy atom. The van der Waals surface area contributed by atoms with E-state index in [1.807, 2.05) is 0 Å². The minimum Gasteiger partial charge on any atom is -0.338 e. The van der Waals surface area contributed by atoms with Gasteiger partial charge in [-0.15, -0.1) is 0 Å². The van der Waals surface area contributed by atoms with Crippen LogP contribution in [0.1, 0.15) is 49.9 Å². The zero-order valence-electron chi connectivity index (χ0n) is 10.9. The third kappa shape index (κ3) is 2.90. The summed E-state index contributed by atoms with van der Waals surface area (Å²) in [5.41, 5.74) is 0. The van der Waals surface area contributed by atoms with Gasteiger partial charge in [0, 0.05) is 13.0 Å². The molecule has 5 nitrogen and oxygen atoms in total. The standard InChI is InChI=1S/C13H22N4O/c1-2-8-17(9-3-1)10-6-12-15-13(18-16-12)11-5-4-7-14-11/h11,14H,1-10H2. The Bertz CT molecular complexity index is 367. The van der Waals surface area contributed by atoms with Gasteiger partial charge < -0.3 is 14.7 Å². The summed E-state index contributed by atoms with van der Waals surface area (Å²) in [6.07, 6.45) is 7.29. The van der Waals surface area contributed by atoms with Crippen molar-refractivity contribution in [2.24, 2.45) is 0 Å². The lowest BCUT2D eigenvalue weighted by atomic mass is 10.1. The van der Waals surface area contributed by atoms with Crippen molar-refractivity contribution >= 4 is 0 Å². The smallest absolute Gasteiger partial charge is 0.243 e. The molecule has 1 atom stereocenters. The van der Waals surface area contributed by atoms with E-state index in [-0.39, 0.29) is 0 Å². The van der Waals surface area contributed by atoms with Crippen molar-refractivity contribution in [3.05, 3.63) is 11.7 Å². The topological polar surface area (TPSA) is 54.2 Å². The molecule has 0 saturated carbocycles. The van der Waals surface area contributed by atoms with E-state index >= 15 is 0 Å². The normalized spacial score (nSPS) is 25.7. The molecule has 2 aliphatic rings. The molecule has 0 spiro atoms. The first-order chi connectivity index (χ1) is 8.92. The fourth-order valence-corrected chi connectivity index (χ4v) is 2.85. The SMILES string of the molecule is C1CCN(CCc2noc(C3CCCN3)n2)CC1. The van der Waals surface area contributed by atoms with Crippen molar-refractivity contribution in [1.82, 2.24) is 20.4 Å². The van der Waals surface area contributed by atoms with Crippen molar-refractivity contribution in [3.63, 3.8) is 0 Å². The van der Waals surface area contributed by atoms with E-state index in [1.165, 1.54) is 38.8 Å². The Labute approximate surface area is 108 Å². The molecule has 0 aliphatic carbocycles. The molecule has 1 aromatic rings. The number of hydrogen-bond acceptors (Lipinski definition) is 5. The quantitative estimate of drug-likeness (QED) is 0.878. The first-order valence-corrected chi connectivity index (χ1v) is 7.20. The lowest BCUT2D eigenvalue weighted by Gasteiger charge is -2.25. The molecule has 0 amide bonds. The van der Waals surface area contributed by atoms with Crippen molar-refractivity contribution in [3.8, 4) is 0 Å². The Morgan fingerprint density at radius 3 is 2.89 bits per heavy atom. The number of rotatable bonds is 4. The summed E-state index contributed by atoms with van der Waals surface area (Å²) in [4.78, 5) is 7.02. The van der Waals surface area contributed by atoms with Crippen molar-refractivity contribution in [2.45, 2.75) is 44.6 Å². The third-order valence-electron chi connectivity index (χ3n) is 3.94. The molecule has 3 heterocycles. The first-order valence-electron chi connectivity index (χ1n) is 7.20. The van der Waals surface area contributed by atoms with Crippen LogP contribution in [0.25, 0.3) is 0 Å². The maximum absolute atomic E-state index is 5.35. The van der Waals surface area contributed by atoms with Crippen LogP contribution in [0.5, 0.6) is 0 Å². The van der Waals surface area contributed by atoms with Gasteiger partial charge >= 0.3 is 0 Å². The highest BCUT2D eigenvalue weighted by Crippen LogP contribution is 2.21. The van der Waals surface area contributed by atoms with Gasteiger partial charge in [0.05, 0.1) is 6.04 Å². The minimum absolute atomic E-state index is 0.293. The molecule has 0 aromatic carbocycles. The highest BCUT2D eigenvalue weighted by atomic mass is 16.5. The number of aromatic nitrogens is 2. The highest BCUT2D eigenvalue weighted by molar-refractivity contribution is 4.95. The Morgan fingerprint density at radius 2 is 2.11 bits per heavy atom. The van der Waals surface area contributed by atoms with Crippen LogP contribution in [-0.4, -0.2) is 41.2 Å². The number of nitrogens with one attached hydrogen (secondary N) is 1. The maximum atomic E-state index is 5.35. The lowest BCUT2D eigenvalue weighted by molar-refractivity contribution is 0.229. The van der Waals surface area contributed by atoms with Gasteiger partial charge in [-0.05, 0) is 45.3 Å². The zero-order chi connectivity index (χ0) is 12.2. The van der Waals surface area contributed by atoms with Gasteiger partial charge in [0.25, 0.3) is 0 Å². The molecule has 2 fully saturated rings. The Hall–Kier alpha value is -0.940. The molecule has 2 saturated heterocycles. The second-order valence-electron chi connectivity index (χ2n) is 5.35. The van der Waals surface area contributed by atoms with Crippen LogP contribution in [0, 0.1) is 0 Å².